The van der Waals surface area contributed by atoms with Gasteiger partial charge in [0.05, 0.1) is 18.4 Å². The van der Waals surface area contributed by atoms with Crippen LogP contribution in [0.4, 0.5) is 11.5 Å². The number of pyridine rings is 1. The Morgan fingerprint density at radius 1 is 1.12 bits per heavy atom. The van der Waals surface area contributed by atoms with E-state index in [9.17, 15) is 9.00 Å². The number of ether oxygens (including phenoxy) is 2. The van der Waals surface area contributed by atoms with Gasteiger partial charge in [0.2, 0.25) is 0 Å². The lowest BCUT2D eigenvalue weighted by molar-refractivity contribution is 0.0600. The Bertz CT molecular complexity index is 1150. The number of rotatable bonds is 10. The van der Waals surface area contributed by atoms with Crippen LogP contribution in [-0.4, -0.2) is 28.8 Å². The van der Waals surface area contributed by atoms with Gasteiger partial charge < -0.3 is 14.8 Å². The average Bonchev–Trinajstić information content (AvgIpc) is 2.80. The van der Waals surface area contributed by atoms with Crippen molar-refractivity contribution in [2.24, 2.45) is 0 Å². The molecule has 0 fully saturated rings. The molecule has 0 aliphatic heterocycles. The Hall–Kier alpha value is -3.59. The predicted molar refractivity (Wildman–Crippen MR) is 125 cm³/mol. The van der Waals surface area contributed by atoms with Crippen molar-refractivity contribution in [1.29, 1.82) is 4.78 Å². The Labute approximate surface area is 188 Å². The molecular weight excluding hydrogens is 428 g/mol. The molecule has 3 aromatic rings. The number of hydrogen-bond donors (Lipinski definition) is 3. The first kappa shape index (κ1) is 23.1. The average molecular weight is 455 g/mol. The van der Waals surface area contributed by atoms with Gasteiger partial charge in [-0.1, -0.05) is 37.6 Å². The molecule has 32 heavy (non-hydrogen) atoms. The van der Waals surface area contributed by atoms with Crippen LogP contribution in [0.1, 0.15) is 30.1 Å². The minimum atomic E-state index is -3.67. The van der Waals surface area contributed by atoms with Crippen molar-refractivity contribution in [3.8, 4) is 11.5 Å². The molecule has 1 heterocycles. The maximum Gasteiger partial charge on any atom is 0.337 e. The zero-order valence-electron chi connectivity index (χ0n) is 18.0. The lowest BCUT2D eigenvalue weighted by Gasteiger charge is -2.20. The van der Waals surface area contributed by atoms with Crippen molar-refractivity contribution in [3.63, 3.8) is 0 Å². The van der Waals surface area contributed by atoms with Crippen molar-refractivity contribution >= 4 is 27.4 Å². The first-order chi connectivity index (χ1) is 15.4. The number of para-hydroxylation sites is 1. The van der Waals surface area contributed by atoms with Gasteiger partial charge in [-0.25, -0.2) is 18.8 Å². The van der Waals surface area contributed by atoms with Gasteiger partial charge in [0.25, 0.3) is 0 Å². The van der Waals surface area contributed by atoms with Gasteiger partial charge in [0, 0.05) is 12.7 Å². The van der Waals surface area contributed by atoms with E-state index in [0.717, 1.165) is 12.8 Å². The summed E-state index contributed by atoms with van der Waals surface area (Å²) >= 11 is 0. The zero-order chi connectivity index (χ0) is 23.0. The fourth-order valence-electron chi connectivity index (χ4n) is 2.92. The molecule has 1 aromatic heterocycles. The Kier molecular flexibility index (Phi) is 7.67. The van der Waals surface area contributed by atoms with Gasteiger partial charge in [-0.15, -0.1) is 0 Å². The van der Waals surface area contributed by atoms with Crippen LogP contribution < -0.4 is 14.8 Å². The highest BCUT2D eigenvalue weighted by Gasteiger charge is 2.24. The SMILES string of the molecule is CCCCNc1cc(C(=O)OC)cc(S(=N)(=O)Nc2ccccn2)c1Oc1ccccc1. The predicted octanol–water partition coefficient (Wildman–Crippen LogP) is 5.31. The summed E-state index contributed by atoms with van der Waals surface area (Å²) in [4.78, 5) is 16.4. The molecule has 3 rings (SSSR count). The van der Waals surface area contributed by atoms with E-state index < -0.39 is 15.9 Å². The third kappa shape index (κ3) is 5.76. The smallest absolute Gasteiger partial charge is 0.337 e. The van der Waals surface area contributed by atoms with Crippen LogP contribution in [-0.2, 0) is 14.7 Å². The summed E-state index contributed by atoms with van der Waals surface area (Å²) in [5.74, 6) is 0.362. The topological polar surface area (TPSA) is 113 Å². The first-order valence-corrected chi connectivity index (χ1v) is 11.7. The van der Waals surface area contributed by atoms with Crippen LogP contribution in [0, 0.1) is 4.78 Å². The van der Waals surface area contributed by atoms with E-state index in [-0.39, 0.29) is 22.0 Å². The molecule has 168 valence electrons. The third-order valence-corrected chi connectivity index (χ3v) is 5.93. The lowest BCUT2D eigenvalue weighted by atomic mass is 10.1. The molecular formula is C23H26N4O4S. The highest BCUT2D eigenvalue weighted by atomic mass is 32.2. The number of anilines is 2. The van der Waals surface area contributed by atoms with E-state index in [1.165, 1.54) is 19.4 Å². The molecule has 0 saturated carbocycles. The number of carbonyl (C=O) groups is 1. The molecule has 9 heteroatoms. The maximum atomic E-state index is 13.6. The number of esters is 1. The van der Waals surface area contributed by atoms with E-state index in [2.05, 4.69) is 21.9 Å². The molecule has 2 aromatic carbocycles. The fraction of sp³-hybridized carbons (Fsp3) is 0.217. The number of nitrogens with zero attached hydrogens (tertiary/aromatic N) is 1. The Morgan fingerprint density at radius 2 is 1.88 bits per heavy atom. The second kappa shape index (κ2) is 10.6. The number of benzene rings is 2. The standard InChI is InChI=1S/C23H26N4O4S/c1-3-4-13-25-19-15-17(23(28)30-2)16-20(22(19)31-18-10-6-5-7-11-18)32(24,29)27-21-12-8-9-14-26-21/h5-12,14-16,25H,3-4,13H2,1-2H3,(H2,24,26,27,29). The van der Waals surface area contributed by atoms with Crippen molar-refractivity contribution in [3.05, 3.63) is 72.4 Å². The van der Waals surface area contributed by atoms with Gasteiger partial charge in [0.15, 0.2) is 15.7 Å². The third-order valence-electron chi connectivity index (χ3n) is 4.51. The summed E-state index contributed by atoms with van der Waals surface area (Å²) in [5.41, 5.74) is 0.604. The van der Waals surface area contributed by atoms with Gasteiger partial charge in [0.1, 0.15) is 16.5 Å². The number of methoxy groups -OCH3 is 1. The molecule has 0 aliphatic rings. The number of carbonyl (C=O) groups excluding carboxylic acids is 1. The van der Waals surface area contributed by atoms with Crippen LogP contribution >= 0.6 is 0 Å². The molecule has 1 unspecified atom stereocenters. The molecule has 0 saturated heterocycles. The summed E-state index contributed by atoms with van der Waals surface area (Å²) in [5, 5.41) is 3.25. The highest BCUT2D eigenvalue weighted by Crippen LogP contribution is 2.38. The molecule has 0 aliphatic carbocycles. The monoisotopic (exact) mass is 454 g/mol. The normalized spacial score (nSPS) is 12.4. The fourth-order valence-corrected chi connectivity index (χ4v) is 4.15. The number of hydrogen-bond acceptors (Lipinski definition) is 7. The summed E-state index contributed by atoms with van der Waals surface area (Å²) < 4.78 is 35.8. The quantitative estimate of drug-likeness (QED) is 0.283. The molecule has 0 spiro atoms. The summed E-state index contributed by atoms with van der Waals surface area (Å²) in [6.45, 7) is 2.67. The minimum absolute atomic E-state index is 0.00824. The van der Waals surface area contributed by atoms with Gasteiger partial charge in [-0.3, -0.25) is 4.72 Å². The number of aromatic nitrogens is 1. The van der Waals surface area contributed by atoms with Crippen LogP contribution in [0.5, 0.6) is 11.5 Å². The largest absolute Gasteiger partial charge is 0.465 e. The zero-order valence-corrected chi connectivity index (χ0v) is 18.8. The van der Waals surface area contributed by atoms with Crippen molar-refractivity contribution < 1.29 is 18.5 Å². The van der Waals surface area contributed by atoms with E-state index in [1.54, 1.807) is 36.4 Å². The van der Waals surface area contributed by atoms with Crippen molar-refractivity contribution in [1.82, 2.24) is 4.98 Å². The van der Waals surface area contributed by atoms with Crippen molar-refractivity contribution in [2.75, 3.05) is 23.7 Å². The summed E-state index contributed by atoms with van der Waals surface area (Å²) in [6, 6.07) is 17.0. The van der Waals surface area contributed by atoms with E-state index >= 15 is 0 Å². The lowest BCUT2D eigenvalue weighted by Crippen LogP contribution is -2.16. The Morgan fingerprint density at radius 3 is 2.53 bits per heavy atom. The van der Waals surface area contributed by atoms with Gasteiger partial charge in [-0.2, -0.15) is 0 Å². The van der Waals surface area contributed by atoms with Crippen LogP contribution in [0.2, 0.25) is 0 Å². The number of nitrogens with one attached hydrogen (secondary N) is 3. The molecule has 1 atom stereocenters. The molecule has 0 amide bonds. The van der Waals surface area contributed by atoms with Gasteiger partial charge >= 0.3 is 5.97 Å². The summed E-state index contributed by atoms with van der Waals surface area (Å²) in [7, 11) is -2.40. The molecule has 0 radical (unpaired) electrons. The second-order valence-electron chi connectivity index (χ2n) is 6.91. The molecule has 0 bridgehead atoms. The maximum absolute atomic E-state index is 13.6. The van der Waals surface area contributed by atoms with Crippen LogP contribution in [0.25, 0.3) is 0 Å². The van der Waals surface area contributed by atoms with E-state index in [0.29, 0.717) is 18.0 Å². The minimum Gasteiger partial charge on any atom is -0.465 e. The van der Waals surface area contributed by atoms with Crippen LogP contribution in [0.3, 0.4) is 0 Å². The highest BCUT2D eigenvalue weighted by molar-refractivity contribution is 7.93. The Balaban J connectivity index is 2.15. The first-order valence-electron chi connectivity index (χ1n) is 10.2. The van der Waals surface area contributed by atoms with Crippen molar-refractivity contribution in [2.45, 2.75) is 24.7 Å². The number of unbranched alkanes of at least 4 members (excludes halogenated alkanes) is 1. The molecule has 3 N–H and O–H groups in total. The van der Waals surface area contributed by atoms with Gasteiger partial charge in [-0.05, 0) is 42.8 Å². The van der Waals surface area contributed by atoms with Crippen LogP contribution in [0.15, 0.2) is 71.8 Å². The summed E-state index contributed by atoms with van der Waals surface area (Å²) in [6.07, 6.45) is 3.37. The van der Waals surface area contributed by atoms with E-state index in [4.69, 9.17) is 14.3 Å². The molecule has 8 nitrogen and oxygen atoms in total. The second-order valence-corrected chi connectivity index (χ2v) is 8.67. The van der Waals surface area contributed by atoms with E-state index in [1.807, 2.05) is 18.2 Å².